The summed E-state index contributed by atoms with van der Waals surface area (Å²) in [6.45, 7) is 2.53. The summed E-state index contributed by atoms with van der Waals surface area (Å²) < 4.78 is 0. The zero-order valence-electron chi connectivity index (χ0n) is 23.7. The van der Waals surface area contributed by atoms with Crippen LogP contribution in [0.1, 0.15) is 155 Å². The third-order valence-electron chi connectivity index (χ3n) is 14.3. The van der Waals surface area contributed by atoms with Gasteiger partial charge in [-0.15, -0.1) is 0 Å². The summed E-state index contributed by atoms with van der Waals surface area (Å²) >= 11 is 0. The maximum Gasteiger partial charge on any atom is 0.0111 e. The fraction of sp³-hybridized carbons (Fsp3) is 1.00. The lowest BCUT2D eigenvalue weighted by Crippen LogP contribution is -2.59. The Morgan fingerprint density at radius 1 is 0.429 bits per heavy atom. The molecule has 9 atom stereocenters. The van der Waals surface area contributed by atoms with E-state index in [1.165, 1.54) is 6.42 Å². The summed E-state index contributed by atoms with van der Waals surface area (Å²) in [4.78, 5) is 0. The minimum Gasteiger partial charge on any atom is -0.177 e. The highest BCUT2D eigenvalue weighted by Crippen LogP contribution is 2.67. The molecule has 6 rings (SSSR count). The van der Waals surface area contributed by atoms with Crippen LogP contribution < -0.4 is 0 Å². The van der Waals surface area contributed by atoms with Crippen LogP contribution in [0.5, 0.6) is 0 Å². The highest BCUT2D eigenvalue weighted by Gasteiger charge is 2.55. The van der Waals surface area contributed by atoms with Crippen molar-refractivity contribution >= 4 is 6.15 Å². The van der Waals surface area contributed by atoms with Gasteiger partial charge in [0.2, 0.25) is 0 Å². The molecule has 0 aliphatic heterocycles. The molecule has 35 heavy (non-hydrogen) atoms. The predicted molar refractivity (Wildman–Crippen MR) is 155 cm³/mol. The van der Waals surface area contributed by atoms with E-state index in [1.807, 2.05) is 0 Å². The second-order valence-electron chi connectivity index (χ2n) is 15.3. The van der Waals surface area contributed by atoms with E-state index >= 15 is 0 Å². The number of unbranched alkanes of at least 4 members (excludes halogenated alkanes) is 1. The fourth-order valence-electron chi connectivity index (χ4n) is 13.4. The quantitative estimate of drug-likeness (QED) is 0.332. The van der Waals surface area contributed by atoms with E-state index < -0.39 is 0 Å². The Hall–Kier alpha value is 0.0649. The molecule has 1 heteroatoms. The molecule has 0 saturated heterocycles. The largest absolute Gasteiger partial charge is 0.177 e. The van der Waals surface area contributed by atoms with Gasteiger partial charge in [-0.3, -0.25) is 0 Å². The SMILES string of the molecule is CCCC[B-](C1CCCC2CCCCC21)(C1CCCC2CCCCC21)C1CCCC2CCCCC21. The van der Waals surface area contributed by atoms with Crippen LogP contribution >= 0.6 is 0 Å². The zero-order valence-corrected chi connectivity index (χ0v) is 23.7. The highest BCUT2D eigenvalue weighted by atomic mass is 14.5. The number of rotatable bonds is 6. The van der Waals surface area contributed by atoms with Crippen molar-refractivity contribution in [2.75, 3.05) is 0 Å². The molecule has 6 aliphatic carbocycles. The van der Waals surface area contributed by atoms with E-state index in [0.29, 0.717) is 0 Å². The molecular formula is C34H60B-. The first-order chi connectivity index (χ1) is 17.3. The third kappa shape index (κ3) is 4.73. The average molecular weight is 480 g/mol. The maximum absolute atomic E-state index is 2.53. The Bertz CT molecular complexity index is 580. The first-order valence-corrected chi connectivity index (χ1v) is 17.5. The van der Waals surface area contributed by atoms with E-state index in [-0.39, 0.29) is 6.15 Å². The molecule has 9 unspecified atom stereocenters. The van der Waals surface area contributed by atoms with Crippen LogP contribution in [0.4, 0.5) is 0 Å². The van der Waals surface area contributed by atoms with Crippen LogP contribution in [0, 0.1) is 35.5 Å². The van der Waals surface area contributed by atoms with Crippen LogP contribution in [-0.4, -0.2) is 6.15 Å². The van der Waals surface area contributed by atoms with Crippen molar-refractivity contribution in [2.45, 2.75) is 178 Å². The molecule has 0 spiro atoms. The first kappa shape index (κ1) is 25.3. The Kier molecular flexibility index (Phi) is 8.28. The predicted octanol–water partition coefficient (Wildman–Crippen LogP) is 11.3. The van der Waals surface area contributed by atoms with Gasteiger partial charge >= 0.3 is 0 Å². The molecule has 0 radical (unpaired) electrons. The van der Waals surface area contributed by atoms with E-state index in [9.17, 15) is 0 Å². The number of fused-ring (bicyclic) bond motifs is 3. The van der Waals surface area contributed by atoms with Gasteiger partial charge in [0.05, 0.1) is 0 Å². The van der Waals surface area contributed by atoms with Gasteiger partial charge in [0.15, 0.2) is 0 Å². The Labute approximate surface area is 219 Å². The standard InChI is InChI=1S/C34H60B/c1-2-3-25-35(32-22-10-16-26-13-4-7-19-29(26)32,33-23-11-17-27-14-5-8-20-30(27)33)34-24-12-18-28-15-6-9-21-31(28)34/h26-34H,2-25H2,1H3/q-1. The minimum absolute atomic E-state index is 0.251. The van der Waals surface area contributed by atoms with Crippen molar-refractivity contribution in [1.29, 1.82) is 0 Å². The van der Waals surface area contributed by atoms with Crippen molar-refractivity contribution in [3.05, 3.63) is 0 Å². The molecule has 0 aromatic rings. The van der Waals surface area contributed by atoms with Crippen molar-refractivity contribution in [3.8, 4) is 0 Å². The molecule has 0 aromatic carbocycles. The van der Waals surface area contributed by atoms with Crippen LogP contribution in [0.15, 0.2) is 0 Å². The monoisotopic (exact) mass is 479 g/mol. The second kappa shape index (κ2) is 11.4. The Balaban J connectivity index is 1.45. The molecule has 6 fully saturated rings. The lowest BCUT2D eigenvalue weighted by atomic mass is 9.02. The maximum atomic E-state index is 2.53. The average Bonchev–Trinajstić information content (AvgIpc) is 2.93. The summed E-state index contributed by atoms with van der Waals surface area (Å²) in [5.41, 5.74) is 0. The third-order valence-corrected chi connectivity index (χ3v) is 14.3. The van der Waals surface area contributed by atoms with E-state index in [2.05, 4.69) is 6.92 Å². The summed E-state index contributed by atoms with van der Waals surface area (Å²) in [6.07, 6.45) is 38.2. The van der Waals surface area contributed by atoms with Crippen molar-refractivity contribution in [2.24, 2.45) is 35.5 Å². The molecule has 6 aliphatic rings. The summed E-state index contributed by atoms with van der Waals surface area (Å²) in [6, 6.07) is 0. The van der Waals surface area contributed by atoms with Gasteiger partial charge in [0.25, 0.3) is 0 Å². The van der Waals surface area contributed by atoms with Crippen LogP contribution in [0.2, 0.25) is 23.8 Å². The molecule has 6 saturated carbocycles. The Morgan fingerprint density at radius 2 is 0.771 bits per heavy atom. The van der Waals surface area contributed by atoms with Crippen molar-refractivity contribution < 1.29 is 0 Å². The first-order valence-electron chi connectivity index (χ1n) is 17.5. The highest BCUT2D eigenvalue weighted by molar-refractivity contribution is 6.84. The van der Waals surface area contributed by atoms with Gasteiger partial charge in [0, 0.05) is 6.15 Å². The van der Waals surface area contributed by atoms with E-state index in [4.69, 9.17) is 0 Å². The second-order valence-corrected chi connectivity index (χ2v) is 15.3. The molecule has 0 nitrogen and oxygen atoms in total. The number of hydrogen-bond acceptors (Lipinski definition) is 0. The minimum atomic E-state index is -0.251. The van der Waals surface area contributed by atoms with Crippen LogP contribution in [-0.2, 0) is 0 Å². The van der Waals surface area contributed by atoms with E-state index in [1.54, 1.807) is 148 Å². The number of hydrogen-bond donors (Lipinski definition) is 0. The Morgan fingerprint density at radius 3 is 1.14 bits per heavy atom. The van der Waals surface area contributed by atoms with Gasteiger partial charge in [-0.2, -0.15) is 23.8 Å². The molecule has 0 N–H and O–H groups in total. The summed E-state index contributed by atoms with van der Waals surface area (Å²) in [5.74, 6) is 10.3. The van der Waals surface area contributed by atoms with Crippen LogP contribution in [0.25, 0.3) is 0 Å². The van der Waals surface area contributed by atoms with Gasteiger partial charge in [-0.05, 0) is 17.8 Å². The molecule has 0 amide bonds. The molecular weight excluding hydrogens is 419 g/mol. The fourth-order valence-corrected chi connectivity index (χ4v) is 13.4. The smallest absolute Gasteiger partial charge is 0.0111 e. The van der Waals surface area contributed by atoms with E-state index in [0.717, 1.165) is 53.0 Å². The van der Waals surface area contributed by atoms with Crippen molar-refractivity contribution in [3.63, 3.8) is 0 Å². The molecule has 0 aromatic heterocycles. The van der Waals surface area contributed by atoms with Gasteiger partial charge in [-0.25, -0.2) is 0 Å². The molecule has 200 valence electrons. The lowest BCUT2D eigenvalue weighted by molar-refractivity contribution is 0.128. The van der Waals surface area contributed by atoms with Crippen LogP contribution in [0.3, 0.4) is 0 Å². The summed E-state index contributed by atoms with van der Waals surface area (Å²) in [7, 11) is 0. The van der Waals surface area contributed by atoms with Gasteiger partial charge in [-0.1, -0.05) is 172 Å². The topological polar surface area (TPSA) is 0 Å². The molecule has 0 heterocycles. The van der Waals surface area contributed by atoms with Crippen molar-refractivity contribution in [1.82, 2.24) is 0 Å². The summed E-state index contributed by atoms with van der Waals surface area (Å²) in [5, 5.41) is 0. The van der Waals surface area contributed by atoms with Gasteiger partial charge in [0.1, 0.15) is 0 Å². The zero-order chi connectivity index (χ0) is 23.7. The normalized spacial score (nSPS) is 46.0. The van der Waals surface area contributed by atoms with Gasteiger partial charge < -0.3 is 0 Å². The lowest BCUT2D eigenvalue weighted by Gasteiger charge is -2.69. The molecule has 0 bridgehead atoms.